The summed E-state index contributed by atoms with van der Waals surface area (Å²) in [6.07, 6.45) is 0. The number of ether oxygens (including phenoxy) is 1. The molecule has 0 saturated carbocycles. The largest absolute Gasteiger partial charge is 0.492 e. The number of amides is 1. The number of hydrogen-bond donors (Lipinski definition) is 0. The van der Waals surface area contributed by atoms with Gasteiger partial charge in [0.15, 0.2) is 5.76 Å². The molecule has 0 fully saturated rings. The van der Waals surface area contributed by atoms with Gasteiger partial charge in [0.05, 0.1) is 7.11 Å². The Hall–Kier alpha value is -1.12. The van der Waals surface area contributed by atoms with Crippen molar-refractivity contribution >= 4 is 12.6 Å². The predicted molar refractivity (Wildman–Crippen MR) is 30.7 cm³/mol. The molecule has 0 aromatic heterocycles. The van der Waals surface area contributed by atoms with Crippen LogP contribution < -0.4 is 0 Å². The SMILES string of the molecule is C=NC(=O)C(=C)OC. The lowest BCUT2D eigenvalue weighted by Gasteiger charge is -1.93. The second kappa shape index (κ2) is 2.96. The predicted octanol–water partition coefficient (Wildman–Crippen LogP) is 0.374. The first kappa shape index (κ1) is 6.88. The van der Waals surface area contributed by atoms with Gasteiger partial charge in [-0.1, -0.05) is 6.58 Å². The van der Waals surface area contributed by atoms with Crippen molar-refractivity contribution in [3.63, 3.8) is 0 Å². The van der Waals surface area contributed by atoms with E-state index in [1.54, 1.807) is 0 Å². The minimum Gasteiger partial charge on any atom is -0.492 e. The van der Waals surface area contributed by atoms with Gasteiger partial charge in [0.1, 0.15) is 0 Å². The first-order valence-corrected chi connectivity index (χ1v) is 1.96. The highest BCUT2D eigenvalue weighted by molar-refractivity contribution is 5.93. The van der Waals surface area contributed by atoms with Crippen molar-refractivity contribution in [3.8, 4) is 0 Å². The first-order chi connectivity index (χ1) is 3.72. The lowest BCUT2D eigenvalue weighted by Crippen LogP contribution is -1.97. The molecule has 1 amide bonds. The molecule has 0 aromatic carbocycles. The summed E-state index contributed by atoms with van der Waals surface area (Å²) in [7, 11) is 1.35. The number of methoxy groups -OCH3 is 1. The molecular formula is C5H7NO2. The van der Waals surface area contributed by atoms with Crippen molar-refractivity contribution < 1.29 is 9.53 Å². The number of nitrogens with zero attached hydrogens (tertiary/aromatic N) is 1. The Morgan fingerprint density at radius 3 is 2.38 bits per heavy atom. The third-order valence-corrected chi connectivity index (χ3v) is 0.629. The third-order valence-electron chi connectivity index (χ3n) is 0.629. The van der Waals surface area contributed by atoms with Crippen molar-refractivity contribution in [2.75, 3.05) is 7.11 Å². The fourth-order valence-corrected chi connectivity index (χ4v) is 0.175. The van der Waals surface area contributed by atoms with Crippen LogP contribution in [-0.2, 0) is 9.53 Å². The average Bonchev–Trinajstić information content (AvgIpc) is 1.84. The molecule has 0 aliphatic carbocycles. The van der Waals surface area contributed by atoms with Crippen molar-refractivity contribution in [2.45, 2.75) is 0 Å². The van der Waals surface area contributed by atoms with Gasteiger partial charge in [-0.2, -0.15) is 0 Å². The third kappa shape index (κ3) is 1.55. The van der Waals surface area contributed by atoms with Gasteiger partial charge in [0.25, 0.3) is 0 Å². The molecule has 3 heteroatoms. The summed E-state index contributed by atoms with van der Waals surface area (Å²) in [5.41, 5.74) is 0. The van der Waals surface area contributed by atoms with E-state index in [0.29, 0.717) is 0 Å². The summed E-state index contributed by atoms with van der Waals surface area (Å²) in [5.74, 6) is -0.507. The number of rotatable bonds is 2. The molecule has 0 bridgehead atoms. The van der Waals surface area contributed by atoms with Crippen molar-refractivity contribution in [2.24, 2.45) is 4.99 Å². The maximum atomic E-state index is 10.3. The molecular weight excluding hydrogens is 106 g/mol. The molecule has 0 unspecified atom stereocenters. The van der Waals surface area contributed by atoms with E-state index in [9.17, 15) is 4.79 Å². The Labute approximate surface area is 47.7 Å². The minimum atomic E-state index is -0.521. The first-order valence-electron chi connectivity index (χ1n) is 1.96. The minimum absolute atomic E-state index is 0.0139. The van der Waals surface area contributed by atoms with E-state index < -0.39 is 5.91 Å². The Morgan fingerprint density at radius 2 is 2.25 bits per heavy atom. The topological polar surface area (TPSA) is 38.7 Å². The summed E-state index contributed by atoms with van der Waals surface area (Å²) in [4.78, 5) is 13.3. The lowest BCUT2D eigenvalue weighted by molar-refractivity contribution is -0.117. The van der Waals surface area contributed by atoms with Gasteiger partial charge in [-0.05, 0) is 6.72 Å². The molecule has 3 nitrogen and oxygen atoms in total. The zero-order chi connectivity index (χ0) is 6.57. The smallest absolute Gasteiger partial charge is 0.310 e. The molecule has 0 saturated heterocycles. The second-order valence-corrected chi connectivity index (χ2v) is 1.09. The molecule has 0 rings (SSSR count). The lowest BCUT2D eigenvalue weighted by atomic mass is 10.5. The van der Waals surface area contributed by atoms with Crippen LogP contribution in [0.5, 0.6) is 0 Å². The van der Waals surface area contributed by atoms with Gasteiger partial charge < -0.3 is 4.74 Å². The van der Waals surface area contributed by atoms with E-state index in [-0.39, 0.29) is 5.76 Å². The van der Waals surface area contributed by atoms with Gasteiger partial charge in [0.2, 0.25) is 0 Å². The monoisotopic (exact) mass is 113 g/mol. The molecule has 44 valence electrons. The number of carbonyl (C=O) groups excluding carboxylic acids is 1. The molecule has 0 aliphatic rings. The fraction of sp³-hybridized carbons (Fsp3) is 0.200. The Kier molecular flexibility index (Phi) is 2.54. The highest BCUT2D eigenvalue weighted by atomic mass is 16.5. The summed E-state index contributed by atoms with van der Waals surface area (Å²) in [6.45, 7) is 6.23. The molecule has 0 radical (unpaired) electrons. The molecule has 0 N–H and O–H groups in total. The van der Waals surface area contributed by atoms with Gasteiger partial charge >= 0.3 is 5.91 Å². The van der Waals surface area contributed by atoms with Crippen LogP contribution in [0.3, 0.4) is 0 Å². The van der Waals surface area contributed by atoms with E-state index in [4.69, 9.17) is 0 Å². The normalized spacial score (nSPS) is 7.62. The van der Waals surface area contributed by atoms with Crippen LogP contribution in [0.1, 0.15) is 0 Å². The van der Waals surface area contributed by atoms with Crippen LogP contribution in [0, 0.1) is 0 Å². The maximum absolute atomic E-state index is 10.3. The Balaban J connectivity index is 3.82. The summed E-state index contributed by atoms with van der Waals surface area (Å²) >= 11 is 0. The summed E-state index contributed by atoms with van der Waals surface area (Å²) in [5, 5.41) is 0. The van der Waals surface area contributed by atoms with Gasteiger partial charge in [-0.25, -0.2) is 4.99 Å². The van der Waals surface area contributed by atoms with Gasteiger partial charge in [-0.3, -0.25) is 4.79 Å². The average molecular weight is 113 g/mol. The van der Waals surface area contributed by atoms with E-state index >= 15 is 0 Å². The van der Waals surface area contributed by atoms with Crippen LogP contribution in [0.2, 0.25) is 0 Å². The van der Waals surface area contributed by atoms with Crippen molar-refractivity contribution in [3.05, 3.63) is 12.3 Å². The molecule has 0 aromatic rings. The van der Waals surface area contributed by atoms with Crippen molar-refractivity contribution in [1.82, 2.24) is 0 Å². The molecule has 0 aliphatic heterocycles. The van der Waals surface area contributed by atoms with E-state index in [0.717, 1.165) is 0 Å². The van der Waals surface area contributed by atoms with Crippen LogP contribution >= 0.6 is 0 Å². The highest BCUT2D eigenvalue weighted by Gasteiger charge is 1.99. The summed E-state index contributed by atoms with van der Waals surface area (Å²) in [6, 6.07) is 0. The van der Waals surface area contributed by atoms with Crippen LogP contribution in [0.4, 0.5) is 0 Å². The highest BCUT2D eigenvalue weighted by Crippen LogP contribution is 1.90. The zero-order valence-electron chi connectivity index (χ0n) is 4.68. The Morgan fingerprint density at radius 1 is 1.75 bits per heavy atom. The second-order valence-electron chi connectivity index (χ2n) is 1.09. The van der Waals surface area contributed by atoms with Gasteiger partial charge in [-0.15, -0.1) is 0 Å². The van der Waals surface area contributed by atoms with E-state index in [1.807, 2.05) is 0 Å². The zero-order valence-corrected chi connectivity index (χ0v) is 4.68. The quantitative estimate of drug-likeness (QED) is 0.295. The van der Waals surface area contributed by atoms with Crippen LogP contribution in [0.25, 0.3) is 0 Å². The Bertz CT molecular complexity index is 128. The van der Waals surface area contributed by atoms with E-state index in [1.165, 1.54) is 7.11 Å². The number of aliphatic imine (C=N–C) groups is 1. The van der Waals surface area contributed by atoms with E-state index in [2.05, 4.69) is 23.0 Å². The standard InChI is InChI=1S/C5H7NO2/c1-4(8-3)5(7)6-2/h1-2H2,3H3. The van der Waals surface area contributed by atoms with Crippen LogP contribution in [-0.4, -0.2) is 19.7 Å². The molecule has 8 heavy (non-hydrogen) atoms. The van der Waals surface area contributed by atoms with Crippen molar-refractivity contribution in [1.29, 1.82) is 0 Å². The van der Waals surface area contributed by atoms with Crippen LogP contribution in [0.15, 0.2) is 17.3 Å². The number of hydrogen-bond acceptors (Lipinski definition) is 2. The molecule has 0 atom stereocenters. The molecule has 0 spiro atoms. The van der Waals surface area contributed by atoms with Gasteiger partial charge in [0, 0.05) is 0 Å². The fourth-order valence-electron chi connectivity index (χ4n) is 0.175. The summed E-state index contributed by atoms with van der Waals surface area (Å²) < 4.78 is 4.43. The number of carbonyl (C=O) groups is 1. The molecule has 0 heterocycles. The maximum Gasteiger partial charge on any atom is 0.310 e.